The van der Waals surface area contributed by atoms with Crippen LogP contribution < -0.4 is 25.9 Å². The molecule has 0 saturated heterocycles. The Kier molecular flexibility index (Phi) is 6.02. The van der Waals surface area contributed by atoms with Gasteiger partial charge in [-0.05, 0) is 30.1 Å². The molecule has 160 valence electrons. The normalized spacial score (nSPS) is 15.4. The summed E-state index contributed by atoms with van der Waals surface area (Å²) in [6.45, 7) is 1.67. The van der Waals surface area contributed by atoms with Gasteiger partial charge in [-0.2, -0.15) is 0 Å². The van der Waals surface area contributed by atoms with Crippen LogP contribution in [0.5, 0.6) is 5.75 Å². The summed E-state index contributed by atoms with van der Waals surface area (Å²) in [5.74, 6) is -1.57. The largest absolute Gasteiger partial charge is 0.573 e. The summed E-state index contributed by atoms with van der Waals surface area (Å²) in [5.41, 5.74) is 0.583. The Labute approximate surface area is 176 Å². The Morgan fingerprint density at radius 3 is 2.53 bits per heavy atom. The number of nitrogens with zero attached hydrogens (tertiary/aromatic N) is 2. The molecule has 3 rings (SSSR count). The minimum Gasteiger partial charge on any atom is -0.405 e. The van der Waals surface area contributed by atoms with Crippen molar-refractivity contribution in [3.05, 3.63) is 45.0 Å². The molecule has 1 aliphatic heterocycles. The first kappa shape index (κ1) is 22.4. The van der Waals surface area contributed by atoms with Crippen LogP contribution in [0.2, 0.25) is 0 Å². The lowest BCUT2D eigenvalue weighted by atomic mass is 10.1. The third kappa shape index (κ3) is 4.11. The van der Waals surface area contributed by atoms with Crippen molar-refractivity contribution in [1.82, 2.24) is 4.90 Å². The molecule has 1 atom stereocenters. The molecule has 11 heteroatoms. The minimum absolute atomic E-state index is 0.0258. The molecule has 0 spiro atoms. The summed E-state index contributed by atoms with van der Waals surface area (Å²) in [5, 5.41) is 11.5. The lowest BCUT2D eigenvalue weighted by molar-refractivity contribution is -0.275. The molecule has 0 bridgehead atoms. The lowest BCUT2D eigenvalue weighted by Crippen LogP contribution is -2.25. The van der Waals surface area contributed by atoms with Gasteiger partial charge in [0.05, 0.1) is 16.3 Å². The number of benzene rings is 2. The third-order valence-electron chi connectivity index (χ3n) is 4.61. The van der Waals surface area contributed by atoms with Crippen molar-refractivity contribution in [2.24, 2.45) is 4.99 Å². The molecular weight excluding hydrogens is 439 g/mol. The Morgan fingerprint density at radius 2 is 1.97 bits per heavy atom. The number of hydrogen-bond acceptors (Lipinski definition) is 5. The summed E-state index contributed by atoms with van der Waals surface area (Å²) in [7, 11) is 7.38. The number of ether oxygens (including phenoxy) is 1. The Balaban J connectivity index is 2.66. The van der Waals surface area contributed by atoms with E-state index in [0.717, 1.165) is 11.8 Å². The first-order valence-corrected chi connectivity index (χ1v) is 10.1. The molecule has 0 aliphatic carbocycles. The highest BCUT2D eigenvalue weighted by atomic mass is 32.2. The van der Waals surface area contributed by atoms with Gasteiger partial charge in [-0.25, -0.2) is 9.38 Å². The maximum absolute atomic E-state index is 15.7. The third-order valence-corrected chi connectivity index (χ3v) is 6.22. The maximum Gasteiger partial charge on any atom is 0.573 e. The number of rotatable bonds is 3. The molecule has 1 aliphatic rings. The van der Waals surface area contributed by atoms with E-state index in [0.29, 0.717) is 15.9 Å². The van der Waals surface area contributed by atoms with E-state index in [2.05, 4.69) is 24.3 Å². The number of fused-ring (bicyclic) bond motifs is 1. The first-order valence-electron chi connectivity index (χ1n) is 8.66. The summed E-state index contributed by atoms with van der Waals surface area (Å²) in [4.78, 5) is 6.35. The van der Waals surface area contributed by atoms with E-state index < -0.39 is 17.9 Å². The zero-order valence-electron chi connectivity index (χ0n) is 16.5. The molecule has 1 heterocycles. The number of hydrogen-bond donors (Lipinski definition) is 2. The predicted octanol–water partition coefficient (Wildman–Crippen LogP) is 2.90. The first-order chi connectivity index (χ1) is 13.9. The fourth-order valence-electron chi connectivity index (χ4n) is 3.08. The number of amidine groups is 1. The zero-order chi connectivity index (χ0) is 22.4. The highest BCUT2D eigenvalue weighted by molar-refractivity contribution is 8.14. The molecule has 5 nitrogen and oxygen atoms in total. The van der Waals surface area contributed by atoms with E-state index in [4.69, 9.17) is 5.41 Å². The molecule has 2 aromatic carbocycles. The van der Waals surface area contributed by atoms with Crippen molar-refractivity contribution in [2.75, 3.05) is 26.5 Å². The van der Waals surface area contributed by atoms with Gasteiger partial charge in [0, 0.05) is 42.2 Å². The van der Waals surface area contributed by atoms with Crippen LogP contribution in [-0.4, -0.2) is 37.6 Å². The quantitative estimate of drug-likeness (QED) is 0.549. The van der Waals surface area contributed by atoms with Gasteiger partial charge in [-0.15, -0.1) is 22.4 Å². The van der Waals surface area contributed by atoms with Crippen molar-refractivity contribution < 1.29 is 22.3 Å². The molecule has 0 fully saturated rings. The second-order valence-corrected chi connectivity index (χ2v) is 8.28. The summed E-state index contributed by atoms with van der Waals surface area (Å²) in [6.07, 6.45) is -5.02. The molecule has 0 amide bonds. The molecular formula is C19H19F4N4OPS. The monoisotopic (exact) mass is 458 g/mol. The molecule has 2 N–H and O–H groups in total. The van der Waals surface area contributed by atoms with E-state index in [9.17, 15) is 13.2 Å². The maximum atomic E-state index is 15.7. The number of anilines is 1. The summed E-state index contributed by atoms with van der Waals surface area (Å²) < 4.78 is 59.5. The minimum atomic E-state index is -5.02. The summed E-state index contributed by atoms with van der Waals surface area (Å²) in [6, 6.07) is 4.27. The van der Waals surface area contributed by atoms with Crippen molar-refractivity contribution in [3.8, 4) is 5.75 Å². The zero-order valence-corrected chi connectivity index (χ0v) is 18.5. The number of nitrogens with one attached hydrogen (secondary N) is 2. The molecule has 30 heavy (non-hydrogen) atoms. The second-order valence-electron chi connectivity index (χ2n) is 6.66. The fraction of sp³-hybridized carbons (Fsp3) is 0.263. The van der Waals surface area contributed by atoms with Crippen LogP contribution in [0, 0.1) is 21.7 Å². The van der Waals surface area contributed by atoms with Gasteiger partial charge < -0.3 is 15.0 Å². The van der Waals surface area contributed by atoms with E-state index in [1.54, 1.807) is 32.0 Å². The SMILES string of the molecule is CNc1c(F)/c(=c2\ccc(P)c3c2=NC(=N)S3)c(OC(F)(F)F)c/c1=C(/C)N(C)C. The smallest absolute Gasteiger partial charge is 0.405 e. The molecule has 0 radical (unpaired) electrons. The molecule has 0 saturated carbocycles. The highest BCUT2D eigenvalue weighted by Crippen LogP contribution is 2.28. The lowest BCUT2D eigenvalue weighted by Gasteiger charge is -2.17. The van der Waals surface area contributed by atoms with E-state index >= 15 is 4.39 Å². The molecule has 2 aromatic rings. The molecule has 0 aromatic heterocycles. The topological polar surface area (TPSA) is 60.7 Å². The Morgan fingerprint density at radius 1 is 1.30 bits per heavy atom. The average molecular weight is 458 g/mol. The summed E-state index contributed by atoms with van der Waals surface area (Å²) >= 11 is 1.06. The second kappa shape index (κ2) is 8.07. The van der Waals surface area contributed by atoms with Crippen molar-refractivity contribution in [1.29, 1.82) is 5.41 Å². The van der Waals surface area contributed by atoms with Crippen LogP contribution in [0.3, 0.4) is 0 Å². The highest BCUT2D eigenvalue weighted by Gasteiger charge is 2.33. The number of thioether (sulfide) groups is 1. The van der Waals surface area contributed by atoms with Crippen molar-refractivity contribution in [2.45, 2.75) is 18.2 Å². The number of halogens is 4. The van der Waals surface area contributed by atoms with Crippen molar-refractivity contribution >= 4 is 42.9 Å². The van der Waals surface area contributed by atoms with Gasteiger partial charge >= 0.3 is 6.36 Å². The van der Waals surface area contributed by atoms with Gasteiger partial charge in [-0.3, -0.25) is 5.41 Å². The fourth-order valence-corrected chi connectivity index (χ4v) is 4.26. The van der Waals surface area contributed by atoms with E-state index in [1.165, 1.54) is 19.2 Å². The van der Waals surface area contributed by atoms with Gasteiger partial charge in [-0.1, -0.05) is 12.1 Å². The van der Waals surface area contributed by atoms with Crippen LogP contribution in [-0.2, 0) is 0 Å². The molecule has 1 unspecified atom stereocenters. The van der Waals surface area contributed by atoms with E-state index in [-0.39, 0.29) is 31.9 Å². The Hall–Kier alpha value is -2.32. The van der Waals surface area contributed by atoms with Gasteiger partial charge in [0.15, 0.2) is 11.0 Å². The van der Waals surface area contributed by atoms with E-state index in [1.807, 2.05) is 0 Å². The predicted molar refractivity (Wildman–Crippen MR) is 113 cm³/mol. The average Bonchev–Trinajstić information content (AvgIpc) is 3.03. The van der Waals surface area contributed by atoms with Gasteiger partial charge in [0.25, 0.3) is 0 Å². The van der Waals surface area contributed by atoms with Crippen LogP contribution >= 0.6 is 21.0 Å². The van der Waals surface area contributed by atoms with Gasteiger partial charge in [0.1, 0.15) is 5.75 Å². The van der Waals surface area contributed by atoms with Crippen LogP contribution in [0.1, 0.15) is 6.92 Å². The van der Waals surface area contributed by atoms with Crippen LogP contribution in [0.25, 0.3) is 5.70 Å². The van der Waals surface area contributed by atoms with Crippen LogP contribution in [0.15, 0.2) is 28.1 Å². The van der Waals surface area contributed by atoms with Crippen LogP contribution in [0.4, 0.5) is 23.2 Å². The number of alkyl halides is 3. The van der Waals surface area contributed by atoms with Crippen molar-refractivity contribution in [3.63, 3.8) is 0 Å². The standard InChI is InChI=1S/C19H19F4N4OPS/c1-8(27(3)4)10-7-11(28-19(21,22)23)13(14(20)15(10)25-2)9-5-6-12(29)17-16(9)26-18(24)30-17/h5-7,24-25H,29H2,1-4H3/b10-8+,13-9+,24-18?. The van der Waals surface area contributed by atoms with Gasteiger partial charge in [0.2, 0.25) is 0 Å². The Bertz CT molecular complexity index is 1260.